The Kier molecular flexibility index (Phi) is 5.43. The summed E-state index contributed by atoms with van der Waals surface area (Å²) >= 11 is 0. The first kappa shape index (κ1) is 19.9. The minimum absolute atomic E-state index is 0.0291. The predicted molar refractivity (Wildman–Crippen MR) is 112 cm³/mol. The minimum Gasteiger partial charge on any atom is -0.493 e. The standard InChI is InChI=1S/C21H25N5O4/c1-24-19-18(20(28)25(2)21(24)29)26(13-23-19)9-5-8-17(27)22-11-14-10-15-6-3-4-7-16(15)30-12-14/h3-4,6-7,13-14H,5,8-12H2,1-2H3,(H,22,27). The molecule has 0 saturated carbocycles. The third kappa shape index (κ3) is 3.74. The molecule has 3 heterocycles. The number of imidazole rings is 1. The van der Waals surface area contributed by atoms with E-state index in [-0.39, 0.29) is 17.4 Å². The van der Waals surface area contributed by atoms with Crippen LogP contribution < -0.4 is 21.3 Å². The predicted octanol–water partition coefficient (Wildman–Crippen LogP) is 0.581. The van der Waals surface area contributed by atoms with Crippen LogP contribution in [0.25, 0.3) is 11.2 Å². The van der Waals surface area contributed by atoms with Crippen molar-refractivity contribution in [1.29, 1.82) is 0 Å². The number of aryl methyl sites for hydroxylation is 2. The van der Waals surface area contributed by atoms with E-state index in [0.717, 1.165) is 16.7 Å². The van der Waals surface area contributed by atoms with E-state index in [1.165, 1.54) is 17.2 Å². The normalized spacial score (nSPS) is 15.6. The van der Waals surface area contributed by atoms with Crippen molar-refractivity contribution in [1.82, 2.24) is 24.0 Å². The lowest BCUT2D eigenvalue weighted by atomic mass is 9.97. The van der Waals surface area contributed by atoms with Crippen LogP contribution in [0.15, 0.2) is 40.2 Å². The van der Waals surface area contributed by atoms with Crippen molar-refractivity contribution in [2.75, 3.05) is 13.2 Å². The molecule has 1 aromatic carbocycles. The Labute approximate surface area is 172 Å². The van der Waals surface area contributed by atoms with Crippen molar-refractivity contribution in [3.8, 4) is 5.75 Å². The molecule has 158 valence electrons. The number of hydrogen-bond acceptors (Lipinski definition) is 5. The van der Waals surface area contributed by atoms with E-state index in [1.807, 2.05) is 18.2 Å². The second-order valence-corrected chi connectivity index (χ2v) is 7.71. The van der Waals surface area contributed by atoms with E-state index in [2.05, 4.69) is 16.4 Å². The number of aromatic nitrogens is 4. The molecule has 30 heavy (non-hydrogen) atoms. The van der Waals surface area contributed by atoms with Crippen LogP contribution in [0, 0.1) is 5.92 Å². The molecule has 2 aromatic heterocycles. The molecule has 1 aliphatic heterocycles. The molecule has 3 aromatic rings. The van der Waals surface area contributed by atoms with Gasteiger partial charge in [-0.25, -0.2) is 9.78 Å². The first-order valence-electron chi connectivity index (χ1n) is 10.0. The van der Waals surface area contributed by atoms with Crippen LogP contribution in [0.2, 0.25) is 0 Å². The fraction of sp³-hybridized carbons (Fsp3) is 0.429. The summed E-state index contributed by atoms with van der Waals surface area (Å²) < 4.78 is 9.88. The SMILES string of the molecule is Cn1c(=O)c2c(ncn2CCCC(=O)NCC2COc3ccccc3C2)n(C)c1=O. The number of rotatable bonds is 6. The lowest BCUT2D eigenvalue weighted by molar-refractivity contribution is -0.121. The fourth-order valence-corrected chi connectivity index (χ4v) is 3.84. The second-order valence-electron chi connectivity index (χ2n) is 7.71. The number of ether oxygens (including phenoxy) is 1. The van der Waals surface area contributed by atoms with Crippen LogP contribution in [0.1, 0.15) is 18.4 Å². The smallest absolute Gasteiger partial charge is 0.332 e. The van der Waals surface area contributed by atoms with Gasteiger partial charge in [-0.3, -0.25) is 18.7 Å². The summed E-state index contributed by atoms with van der Waals surface area (Å²) in [6, 6.07) is 7.97. The third-order valence-electron chi connectivity index (χ3n) is 5.56. The van der Waals surface area contributed by atoms with Gasteiger partial charge in [-0.05, 0) is 24.5 Å². The molecule has 9 heteroatoms. The number of benzene rings is 1. The molecule has 4 rings (SSSR count). The zero-order valence-corrected chi connectivity index (χ0v) is 17.1. The summed E-state index contributed by atoms with van der Waals surface area (Å²) in [6.45, 7) is 1.64. The van der Waals surface area contributed by atoms with E-state index in [9.17, 15) is 14.4 Å². The molecule has 1 amide bonds. The van der Waals surface area contributed by atoms with Gasteiger partial charge in [-0.1, -0.05) is 18.2 Å². The van der Waals surface area contributed by atoms with Gasteiger partial charge in [0.25, 0.3) is 5.56 Å². The summed E-state index contributed by atoms with van der Waals surface area (Å²) in [5, 5.41) is 2.98. The lowest BCUT2D eigenvalue weighted by Gasteiger charge is -2.25. The van der Waals surface area contributed by atoms with E-state index in [4.69, 9.17) is 4.74 Å². The van der Waals surface area contributed by atoms with Crippen molar-refractivity contribution in [2.24, 2.45) is 20.0 Å². The highest BCUT2D eigenvalue weighted by Crippen LogP contribution is 2.26. The highest BCUT2D eigenvalue weighted by atomic mass is 16.5. The number of amides is 1. The van der Waals surface area contributed by atoms with Gasteiger partial charge in [0.1, 0.15) is 5.75 Å². The average molecular weight is 411 g/mol. The maximum atomic E-state index is 12.4. The quantitative estimate of drug-likeness (QED) is 0.640. The molecule has 0 aliphatic carbocycles. The van der Waals surface area contributed by atoms with Crippen LogP contribution in [0.5, 0.6) is 5.75 Å². The Hall–Kier alpha value is -3.36. The second kappa shape index (κ2) is 8.17. The molecule has 9 nitrogen and oxygen atoms in total. The molecule has 0 bridgehead atoms. The number of carbonyl (C=O) groups excluding carboxylic acids is 1. The van der Waals surface area contributed by atoms with Crippen molar-refractivity contribution >= 4 is 17.1 Å². The van der Waals surface area contributed by atoms with Crippen LogP contribution in [0.3, 0.4) is 0 Å². The van der Waals surface area contributed by atoms with Gasteiger partial charge >= 0.3 is 5.69 Å². The van der Waals surface area contributed by atoms with Crippen molar-refractivity contribution in [3.05, 3.63) is 57.0 Å². The molecule has 0 fully saturated rings. The molecule has 1 unspecified atom stereocenters. The van der Waals surface area contributed by atoms with E-state index < -0.39 is 5.69 Å². The molecule has 1 N–H and O–H groups in total. The van der Waals surface area contributed by atoms with Crippen molar-refractivity contribution < 1.29 is 9.53 Å². The van der Waals surface area contributed by atoms with Gasteiger partial charge in [0.05, 0.1) is 12.9 Å². The van der Waals surface area contributed by atoms with Crippen molar-refractivity contribution in [3.63, 3.8) is 0 Å². The minimum atomic E-state index is -0.411. The molecular weight excluding hydrogens is 386 g/mol. The number of nitrogens with zero attached hydrogens (tertiary/aromatic N) is 4. The number of hydrogen-bond donors (Lipinski definition) is 1. The molecule has 0 radical (unpaired) electrons. The summed E-state index contributed by atoms with van der Waals surface area (Å²) in [4.78, 5) is 40.9. The van der Waals surface area contributed by atoms with E-state index in [0.29, 0.717) is 43.7 Å². The van der Waals surface area contributed by atoms with Crippen LogP contribution in [0.4, 0.5) is 0 Å². The monoisotopic (exact) mass is 411 g/mol. The topological polar surface area (TPSA) is 100 Å². The van der Waals surface area contributed by atoms with E-state index in [1.54, 1.807) is 17.9 Å². The summed E-state index contributed by atoms with van der Waals surface area (Å²) in [5.41, 5.74) is 1.10. The van der Waals surface area contributed by atoms with Gasteiger partial charge in [-0.2, -0.15) is 0 Å². The Bertz CT molecular complexity index is 1210. The zero-order valence-electron chi connectivity index (χ0n) is 17.1. The average Bonchev–Trinajstić information content (AvgIpc) is 3.18. The highest BCUT2D eigenvalue weighted by molar-refractivity contribution is 5.76. The van der Waals surface area contributed by atoms with Crippen LogP contribution in [-0.4, -0.2) is 37.7 Å². The molecule has 1 atom stereocenters. The van der Waals surface area contributed by atoms with Crippen molar-refractivity contribution in [2.45, 2.75) is 25.8 Å². The third-order valence-corrected chi connectivity index (χ3v) is 5.56. The number of carbonyl (C=O) groups is 1. The number of fused-ring (bicyclic) bond motifs is 2. The summed E-state index contributed by atoms with van der Waals surface area (Å²) in [5.74, 6) is 1.15. The van der Waals surface area contributed by atoms with Gasteiger partial charge < -0.3 is 14.6 Å². The van der Waals surface area contributed by atoms with Crippen LogP contribution >= 0.6 is 0 Å². The van der Waals surface area contributed by atoms with Gasteiger partial charge in [0.15, 0.2) is 11.2 Å². The zero-order chi connectivity index (χ0) is 21.3. The van der Waals surface area contributed by atoms with Gasteiger partial charge in [-0.15, -0.1) is 0 Å². The van der Waals surface area contributed by atoms with Crippen LogP contribution in [-0.2, 0) is 31.9 Å². The first-order chi connectivity index (χ1) is 14.5. The first-order valence-corrected chi connectivity index (χ1v) is 10.0. The molecule has 0 saturated heterocycles. The maximum absolute atomic E-state index is 12.4. The lowest BCUT2D eigenvalue weighted by Crippen LogP contribution is -2.37. The summed E-state index contributed by atoms with van der Waals surface area (Å²) in [6.07, 6.45) is 3.34. The largest absolute Gasteiger partial charge is 0.493 e. The Morgan fingerprint density at radius 3 is 2.87 bits per heavy atom. The number of nitrogens with one attached hydrogen (secondary N) is 1. The maximum Gasteiger partial charge on any atom is 0.332 e. The fourth-order valence-electron chi connectivity index (χ4n) is 3.84. The van der Waals surface area contributed by atoms with Gasteiger partial charge in [0, 0.05) is 39.5 Å². The highest BCUT2D eigenvalue weighted by Gasteiger charge is 2.20. The number of para-hydroxylation sites is 1. The molecule has 1 aliphatic rings. The molecule has 0 spiro atoms. The Balaban J connectivity index is 1.30. The Morgan fingerprint density at radius 1 is 1.23 bits per heavy atom. The van der Waals surface area contributed by atoms with Gasteiger partial charge in [0.2, 0.25) is 5.91 Å². The van der Waals surface area contributed by atoms with E-state index >= 15 is 0 Å². The Morgan fingerprint density at radius 2 is 2.03 bits per heavy atom. The summed E-state index contributed by atoms with van der Waals surface area (Å²) in [7, 11) is 3.03. The molecular formula is C21H25N5O4.